The Kier molecular flexibility index (Phi) is 3.37. The van der Waals surface area contributed by atoms with Crippen molar-refractivity contribution in [2.75, 3.05) is 11.4 Å². The molecule has 98 valence electrons. The van der Waals surface area contributed by atoms with E-state index in [1.807, 2.05) is 0 Å². The molecule has 9 heteroatoms. The summed E-state index contributed by atoms with van der Waals surface area (Å²) in [5.74, 6) is -1.28. The molecule has 1 atom stereocenters. The van der Waals surface area contributed by atoms with Crippen LogP contribution in [0.1, 0.15) is 6.42 Å². The number of carbonyl (C=O) groups is 1. The fourth-order valence-electron chi connectivity index (χ4n) is 1.64. The Morgan fingerprint density at radius 3 is 2.67 bits per heavy atom. The number of carbonyl (C=O) groups excluding carboxylic acids is 1. The predicted octanol–water partition coefficient (Wildman–Crippen LogP) is 1.39. The average molecular weight is 341 g/mol. The molecule has 1 amide bonds. The fraction of sp³-hybridized carbons (Fsp3) is 0.333. The van der Waals surface area contributed by atoms with Crippen LogP contribution in [0.15, 0.2) is 16.7 Å². The van der Waals surface area contributed by atoms with Crippen molar-refractivity contribution in [3.05, 3.63) is 22.6 Å². The van der Waals surface area contributed by atoms with E-state index in [-0.39, 0.29) is 16.8 Å². The van der Waals surface area contributed by atoms with Crippen LogP contribution < -0.4 is 4.90 Å². The molecule has 0 radical (unpaired) electrons. The highest BCUT2D eigenvalue weighted by Gasteiger charge is 2.39. The number of pyridine rings is 1. The van der Waals surface area contributed by atoms with Crippen LogP contribution in [0.4, 0.5) is 14.1 Å². The molecule has 0 bridgehead atoms. The van der Waals surface area contributed by atoms with Crippen LogP contribution in [0, 0.1) is 5.82 Å². The van der Waals surface area contributed by atoms with Crippen LogP contribution >= 0.6 is 15.9 Å². The van der Waals surface area contributed by atoms with E-state index in [0.29, 0.717) is 0 Å². The molecule has 1 aliphatic heterocycles. The number of rotatable bonds is 2. The Labute approximate surface area is 110 Å². The van der Waals surface area contributed by atoms with Crippen molar-refractivity contribution in [1.29, 1.82) is 0 Å². The highest BCUT2D eigenvalue weighted by molar-refractivity contribution is 9.10. The van der Waals surface area contributed by atoms with Gasteiger partial charge in [-0.15, -0.1) is 3.89 Å². The third kappa shape index (κ3) is 2.51. The number of amides is 1. The van der Waals surface area contributed by atoms with Crippen molar-refractivity contribution >= 4 is 37.9 Å². The molecule has 0 aliphatic carbocycles. The summed E-state index contributed by atoms with van der Waals surface area (Å²) in [4.78, 5) is 16.3. The van der Waals surface area contributed by atoms with Gasteiger partial charge in [-0.1, -0.05) is 0 Å². The van der Waals surface area contributed by atoms with Gasteiger partial charge in [-0.2, -0.15) is 8.42 Å². The topological polar surface area (TPSA) is 67.3 Å². The third-order valence-corrected chi connectivity index (χ3v) is 4.25. The Balaban J connectivity index is 2.30. The minimum absolute atomic E-state index is 0.0353. The summed E-state index contributed by atoms with van der Waals surface area (Å²) in [6, 6.07) is 0.981. The lowest BCUT2D eigenvalue weighted by molar-refractivity contribution is -0.117. The summed E-state index contributed by atoms with van der Waals surface area (Å²) in [6.07, 6.45) is 0.688. The van der Waals surface area contributed by atoms with Crippen molar-refractivity contribution in [2.24, 2.45) is 0 Å². The van der Waals surface area contributed by atoms with E-state index < -0.39 is 33.6 Å². The maximum Gasteiger partial charge on any atom is 0.307 e. The monoisotopic (exact) mass is 340 g/mol. The molecule has 1 aliphatic rings. The van der Waals surface area contributed by atoms with Gasteiger partial charge in [-0.3, -0.25) is 9.69 Å². The molecule has 5 nitrogen and oxygen atoms in total. The van der Waals surface area contributed by atoms with Gasteiger partial charge < -0.3 is 0 Å². The van der Waals surface area contributed by atoms with E-state index >= 15 is 0 Å². The maximum atomic E-state index is 13.3. The van der Waals surface area contributed by atoms with E-state index in [1.54, 1.807) is 0 Å². The lowest BCUT2D eigenvalue weighted by Crippen LogP contribution is -2.27. The SMILES string of the molecule is O=C1CC(S(=O)(=O)F)CN1c1cc(F)c(Br)cn1. The summed E-state index contributed by atoms with van der Waals surface area (Å²) >= 11 is 2.90. The van der Waals surface area contributed by atoms with Gasteiger partial charge in [0.05, 0.1) is 4.47 Å². The smallest absolute Gasteiger partial charge is 0.295 e. The second-order valence-corrected chi connectivity index (χ2v) is 6.23. The fourth-order valence-corrected chi connectivity index (χ4v) is 2.52. The second kappa shape index (κ2) is 4.54. The average Bonchev–Trinajstić information content (AvgIpc) is 2.64. The van der Waals surface area contributed by atoms with Crippen LogP contribution in [0.5, 0.6) is 0 Å². The molecule has 2 rings (SSSR count). The molecule has 0 spiro atoms. The largest absolute Gasteiger partial charge is 0.307 e. The summed E-state index contributed by atoms with van der Waals surface area (Å²) in [5, 5.41) is -1.42. The highest BCUT2D eigenvalue weighted by Crippen LogP contribution is 2.26. The Morgan fingerprint density at radius 1 is 1.50 bits per heavy atom. The standard InChI is InChI=1S/C9H7BrF2N2O3S/c10-6-3-13-8(2-7(6)11)14-4-5(1-9(14)15)18(12,16)17/h2-3,5H,1,4H2. The van der Waals surface area contributed by atoms with Gasteiger partial charge in [-0.25, -0.2) is 9.37 Å². The predicted molar refractivity (Wildman–Crippen MR) is 62.7 cm³/mol. The molecule has 0 saturated carbocycles. The number of hydrogen-bond donors (Lipinski definition) is 0. The molecule has 2 heterocycles. The van der Waals surface area contributed by atoms with Crippen LogP contribution in [-0.4, -0.2) is 31.1 Å². The van der Waals surface area contributed by atoms with Crippen LogP contribution in [0.3, 0.4) is 0 Å². The first kappa shape index (κ1) is 13.3. The molecular weight excluding hydrogens is 334 g/mol. The number of aromatic nitrogens is 1. The molecule has 1 aromatic rings. The number of nitrogens with zero attached hydrogens (tertiary/aromatic N) is 2. The highest BCUT2D eigenvalue weighted by atomic mass is 79.9. The Hall–Kier alpha value is -1.09. The lowest BCUT2D eigenvalue weighted by atomic mass is 10.4. The summed E-state index contributed by atoms with van der Waals surface area (Å²) in [7, 11) is -4.79. The van der Waals surface area contributed by atoms with Gasteiger partial charge >= 0.3 is 10.2 Å². The zero-order valence-electron chi connectivity index (χ0n) is 8.81. The van der Waals surface area contributed by atoms with E-state index in [1.165, 1.54) is 0 Å². The van der Waals surface area contributed by atoms with E-state index in [2.05, 4.69) is 20.9 Å². The lowest BCUT2D eigenvalue weighted by Gasteiger charge is -2.14. The van der Waals surface area contributed by atoms with Gasteiger partial charge in [0.2, 0.25) is 5.91 Å². The van der Waals surface area contributed by atoms with Crippen molar-refractivity contribution < 1.29 is 21.5 Å². The van der Waals surface area contributed by atoms with Crippen molar-refractivity contribution in [1.82, 2.24) is 4.98 Å². The van der Waals surface area contributed by atoms with E-state index in [4.69, 9.17) is 0 Å². The first-order valence-corrected chi connectivity index (χ1v) is 7.08. The molecule has 0 N–H and O–H groups in total. The molecule has 0 aromatic carbocycles. The van der Waals surface area contributed by atoms with Crippen LogP contribution in [-0.2, 0) is 15.0 Å². The molecular formula is C9H7BrF2N2O3S. The summed E-state index contributed by atoms with van der Waals surface area (Å²) < 4.78 is 47.6. The first-order valence-electron chi connectivity index (χ1n) is 4.84. The summed E-state index contributed by atoms with van der Waals surface area (Å²) in [6.45, 7) is -0.355. The van der Waals surface area contributed by atoms with Gasteiger partial charge in [0.25, 0.3) is 0 Å². The second-order valence-electron chi connectivity index (χ2n) is 3.76. The number of hydrogen-bond acceptors (Lipinski definition) is 4. The van der Waals surface area contributed by atoms with Crippen molar-refractivity contribution in [3.8, 4) is 0 Å². The van der Waals surface area contributed by atoms with Crippen molar-refractivity contribution in [3.63, 3.8) is 0 Å². The van der Waals surface area contributed by atoms with Crippen LogP contribution in [0.25, 0.3) is 0 Å². The van der Waals surface area contributed by atoms with Crippen LogP contribution in [0.2, 0.25) is 0 Å². The Morgan fingerprint density at radius 2 is 2.17 bits per heavy atom. The van der Waals surface area contributed by atoms with Gasteiger partial charge in [0.15, 0.2) is 0 Å². The summed E-state index contributed by atoms with van der Waals surface area (Å²) in [5.41, 5.74) is 0. The van der Waals surface area contributed by atoms with E-state index in [9.17, 15) is 21.5 Å². The quantitative estimate of drug-likeness (QED) is 0.763. The maximum absolute atomic E-state index is 13.3. The minimum Gasteiger partial charge on any atom is -0.295 e. The molecule has 1 aromatic heterocycles. The molecule has 1 fully saturated rings. The molecule has 18 heavy (non-hydrogen) atoms. The normalized spacial score (nSPS) is 20.5. The van der Waals surface area contributed by atoms with Gasteiger partial charge in [0.1, 0.15) is 16.9 Å². The number of anilines is 1. The zero-order chi connectivity index (χ0) is 13.5. The van der Waals surface area contributed by atoms with Gasteiger partial charge in [-0.05, 0) is 15.9 Å². The number of halogens is 3. The van der Waals surface area contributed by atoms with E-state index in [0.717, 1.165) is 17.2 Å². The zero-order valence-corrected chi connectivity index (χ0v) is 11.2. The first-order chi connectivity index (χ1) is 8.29. The minimum atomic E-state index is -4.79. The van der Waals surface area contributed by atoms with Crippen molar-refractivity contribution in [2.45, 2.75) is 11.7 Å². The molecule has 1 unspecified atom stereocenters. The third-order valence-electron chi connectivity index (χ3n) is 2.56. The van der Waals surface area contributed by atoms with Gasteiger partial charge in [0, 0.05) is 25.2 Å². The Bertz CT molecular complexity index is 608. The molecule has 1 saturated heterocycles.